The van der Waals surface area contributed by atoms with E-state index in [-0.39, 0.29) is 0 Å². The first kappa shape index (κ1) is 17.9. The number of rotatable bonds is 3. The lowest BCUT2D eigenvalue weighted by Crippen LogP contribution is -2.51. The Balaban J connectivity index is 1.34. The van der Waals surface area contributed by atoms with E-state index >= 15 is 0 Å². The molecule has 2 aliphatic heterocycles. The molecule has 26 heavy (non-hydrogen) atoms. The van der Waals surface area contributed by atoms with Gasteiger partial charge >= 0.3 is 0 Å². The first-order valence-corrected chi connectivity index (χ1v) is 10.8. The Labute approximate surface area is 160 Å². The lowest BCUT2D eigenvalue weighted by atomic mass is 9.96. The SMILES string of the molecule is C[C@H]1CCC[C@H](C)N1C(=O)CN1CCC(c2nc3ccccc3s2)CC1. The Morgan fingerprint density at radius 2 is 1.81 bits per heavy atom. The molecule has 4 nitrogen and oxygen atoms in total. The van der Waals surface area contributed by atoms with E-state index in [4.69, 9.17) is 4.98 Å². The second-order valence-electron chi connectivity index (χ2n) is 8.00. The number of carbonyl (C=O) groups excluding carboxylic acids is 1. The number of piperidine rings is 2. The average molecular weight is 372 g/mol. The molecule has 1 amide bonds. The quantitative estimate of drug-likeness (QED) is 0.809. The Morgan fingerprint density at radius 1 is 1.12 bits per heavy atom. The van der Waals surface area contributed by atoms with Crippen molar-refractivity contribution in [3.8, 4) is 0 Å². The van der Waals surface area contributed by atoms with Crippen LogP contribution in [0, 0.1) is 0 Å². The minimum Gasteiger partial charge on any atom is -0.336 e. The molecule has 3 heterocycles. The van der Waals surface area contributed by atoms with Gasteiger partial charge in [-0.05, 0) is 71.2 Å². The van der Waals surface area contributed by atoms with E-state index in [1.807, 2.05) is 11.3 Å². The second-order valence-corrected chi connectivity index (χ2v) is 9.06. The highest BCUT2D eigenvalue weighted by molar-refractivity contribution is 7.18. The molecule has 1 aromatic heterocycles. The number of fused-ring (bicyclic) bond motifs is 1. The maximum atomic E-state index is 12.8. The largest absolute Gasteiger partial charge is 0.336 e. The lowest BCUT2D eigenvalue weighted by molar-refractivity contribution is -0.138. The molecule has 5 heteroatoms. The molecule has 4 rings (SSSR count). The third-order valence-corrected chi connectivity index (χ3v) is 7.29. The summed E-state index contributed by atoms with van der Waals surface area (Å²) in [5.41, 5.74) is 1.12. The van der Waals surface area contributed by atoms with Crippen LogP contribution >= 0.6 is 11.3 Å². The summed E-state index contributed by atoms with van der Waals surface area (Å²) in [6.07, 6.45) is 5.77. The van der Waals surface area contributed by atoms with E-state index in [0.717, 1.165) is 44.3 Å². The molecule has 2 fully saturated rings. The van der Waals surface area contributed by atoms with Crippen LogP contribution in [0.3, 0.4) is 0 Å². The van der Waals surface area contributed by atoms with Crippen molar-refractivity contribution in [3.05, 3.63) is 29.3 Å². The lowest BCUT2D eigenvalue weighted by Gasteiger charge is -2.41. The van der Waals surface area contributed by atoms with Crippen LogP contribution in [-0.4, -0.2) is 52.4 Å². The molecule has 2 aromatic rings. The first-order valence-electron chi connectivity index (χ1n) is 10.0. The molecule has 0 saturated carbocycles. The van der Waals surface area contributed by atoms with Crippen molar-refractivity contribution in [2.45, 2.75) is 64.0 Å². The molecule has 2 saturated heterocycles. The number of benzene rings is 1. The monoisotopic (exact) mass is 371 g/mol. The number of thiazole rings is 1. The van der Waals surface area contributed by atoms with Gasteiger partial charge in [-0.2, -0.15) is 0 Å². The van der Waals surface area contributed by atoms with Crippen LogP contribution in [0.2, 0.25) is 0 Å². The van der Waals surface area contributed by atoms with Gasteiger partial charge in [-0.1, -0.05) is 12.1 Å². The first-order chi connectivity index (χ1) is 12.6. The number of aromatic nitrogens is 1. The fraction of sp³-hybridized carbons (Fsp3) is 0.619. The van der Waals surface area contributed by atoms with Crippen molar-refractivity contribution in [1.82, 2.24) is 14.8 Å². The zero-order valence-electron chi connectivity index (χ0n) is 15.9. The number of hydrogen-bond donors (Lipinski definition) is 0. The maximum absolute atomic E-state index is 12.8. The highest BCUT2D eigenvalue weighted by Gasteiger charge is 2.31. The summed E-state index contributed by atoms with van der Waals surface area (Å²) in [5, 5.41) is 1.27. The van der Waals surface area contributed by atoms with Crippen LogP contribution in [0.15, 0.2) is 24.3 Å². The average Bonchev–Trinajstić information content (AvgIpc) is 3.06. The standard InChI is InChI=1S/C21H29N3OS/c1-15-6-5-7-16(2)24(15)20(25)14-23-12-10-17(11-13-23)21-22-18-8-3-4-9-19(18)26-21/h3-4,8-9,15-17H,5-7,10-14H2,1-2H3/t15-,16-/m0/s1. The Morgan fingerprint density at radius 3 is 2.50 bits per heavy atom. The number of likely N-dealkylation sites (tertiary alicyclic amines) is 2. The number of nitrogens with zero attached hydrogens (tertiary/aromatic N) is 3. The number of carbonyl (C=O) groups is 1. The number of para-hydroxylation sites is 1. The van der Waals surface area contributed by atoms with E-state index in [9.17, 15) is 4.79 Å². The van der Waals surface area contributed by atoms with Crippen LogP contribution in [0.5, 0.6) is 0 Å². The molecular weight excluding hydrogens is 342 g/mol. The summed E-state index contributed by atoms with van der Waals surface area (Å²) in [4.78, 5) is 22.2. The normalized spacial score (nSPS) is 25.7. The van der Waals surface area contributed by atoms with Crippen LogP contribution in [0.4, 0.5) is 0 Å². The van der Waals surface area contributed by atoms with Crippen LogP contribution in [0.25, 0.3) is 10.2 Å². The molecular formula is C21H29N3OS. The summed E-state index contributed by atoms with van der Waals surface area (Å²) < 4.78 is 1.29. The van der Waals surface area contributed by atoms with E-state index < -0.39 is 0 Å². The summed E-state index contributed by atoms with van der Waals surface area (Å²) in [6, 6.07) is 9.19. The minimum absolute atomic E-state index is 0.322. The van der Waals surface area contributed by atoms with E-state index in [1.54, 1.807) is 0 Å². The van der Waals surface area contributed by atoms with Crippen molar-refractivity contribution in [2.75, 3.05) is 19.6 Å². The van der Waals surface area contributed by atoms with E-state index in [2.05, 4.69) is 47.9 Å². The van der Waals surface area contributed by atoms with Gasteiger partial charge in [0.2, 0.25) is 5.91 Å². The van der Waals surface area contributed by atoms with Crippen molar-refractivity contribution in [3.63, 3.8) is 0 Å². The smallest absolute Gasteiger partial charge is 0.237 e. The molecule has 0 radical (unpaired) electrons. The highest BCUT2D eigenvalue weighted by atomic mass is 32.1. The van der Waals surface area contributed by atoms with Gasteiger partial charge in [0.25, 0.3) is 0 Å². The summed E-state index contributed by atoms with van der Waals surface area (Å²) in [5.74, 6) is 0.870. The van der Waals surface area contributed by atoms with Gasteiger partial charge in [0.05, 0.1) is 21.8 Å². The highest BCUT2D eigenvalue weighted by Crippen LogP contribution is 2.34. The van der Waals surface area contributed by atoms with Gasteiger partial charge < -0.3 is 4.90 Å². The summed E-state index contributed by atoms with van der Waals surface area (Å²) in [6.45, 7) is 6.99. The molecule has 1 aromatic carbocycles. The molecule has 140 valence electrons. The second kappa shape index (κ2) is 7.65. The molecule has 2 aliphatic rings. The van der Waals surface area contributed by atoms with Crippen molar-refractivity contribution in [2.24, 2.45) is 0 Å². The maximum Gasteiger partial charge on any atom is 0.237 e. The third-order valence-electron chi connectivity index (χ3n) is 6.09. The Hall–Kier alpha value is -1.46. The predicted molar refractivity (Wildman–Crippen MR) is 108 cm³/mol. The van der Waals surface area contributed by atoms with Crippen molar-refractivity contribution in [1.29, 1.82) is 0 Å². The summed E-state index contributed by atoms with van der Waals surface area (Å²) in [7, 11) is 0. The van der Waals surface area contributed by atoms with Crippen LogP contribution in [-0.2, 0) is 4.79 Å². The van der Waals surface area contributed by atoms with Gasteiger partial charge in [0, 0.05) is 18.0 Å². The number of amides is 1. The zero-order chi connectivity index (χ0) is 18.1. The Bertz CT molecular complexity index is 722. The van der Waals surface area contributed by atoms with Crippen molar-refractivity contribution >= 4 is 27.5 Å². The fourth-order valence-corrected chi connectivity index (χ4v) is 5.73. The van der Waals surface area contributed by atoms with Crippen LogP contribution in [0.1, 0.15) is 56.9 Å². The molecule has 0 bridgehead atoms. The molecule has 0 N–H and O–H groups in total. The minimum atomic E-state index is 0.322. The Kier molecular flexibility index (Phi) is 5.28. The zero-order valence-corrected chi connectivity index (χ0v) is 16.7. The number of hydrogen-bond acceptors (Lipinski definition) is 4. The summed E-state index contributed by atoms with van der Waals surface area (Å²) >= 11 is 1.84. The molecule has 0 aliphatic carbocycles. The van der Waals surface area contributed by atoms with Crippen LogP contribution < -0.4 is 0 Å². The van der Waals surface area contributed by atoms with Gasteiger partial charge in [-0.3, -0.25) is 9.69 Å². The molecule has 0 spiro atoms. The van der Waals surface area contributed by atoms with Gasteiger partial charge in [0.1, 0.15) is 0 Å². The van der Waals surface area contributed by atoms with E-state index in [0.29, 0.717) is 30.5 Å². The van der Waals surface area contributed by atoms with E-state index in [1.165, 1.54) is 16.1 Å². The predicted octanol–water partition coefficient (Wildman–Crippen LogP) is 4.27. The topological polar surface area (TPSA) is 36.4 Å². The van der Waals surface area contributed by atoms with Gasteiger partial charge in [0.15, 0.2) is 0 Å². The van der Waals surface area contributed by atoms with Gasteiger partial charge in [-0.25, -0.2) is 4.98 Å². The van der Waals surface area contributed by atoms with Crippen molar-refractivity contribution < 1.29 is 4.79 Å². The fourth-order valence-electron chi connectivity index (χ4n) is 4.59. The molecule has 0 unspecified atom stereocenters. The third kappa shape index (κ3) is 3.65. The molecule has 2 atom stereocenters. The van der Waals surface area contributed by atoms with Gasteiger partial charge in [-0.15, -0.1) is 11.3 Å².